The van der Waals surface area contributed by atoms with Gasteiger partial charge >= 0.3 is 6.09 Å². The molecule has 2 saturated heterocycles. The van der Waals surface area contributed by atoms with Gasteiger partial charge in [-0.2, -0.15) is 0 Å². The van der Waals surface area contributed by atoms with E-state index in [-0.39, 0.29) is 5.91 Å². The average molecular weight is 357 g/mol. The van der Waals surface area contributed by atoms with E-state index < -0.39 is 12.1 Å². The molecular formula is C20H27N3O3. The SMILES string of the molecule is O=C(O)NC1CCCN(c2ccc(C3(CN4CCCC4)CC3)cc2)C1=O. The number of nitrogens with one attached hydrogen (secondary N) is 1. The topological polar surface area (TPSA) is 72.9 Å². The number of piperidine rings is 1. The van der Waals surface area contributed by atoms with Gasteiger partial charge in [-0.1, -0.05) is 12.1 Å². The van der Waals surface area contributed by atoms with Crippen LogP contribution in [0.1, 0.15) is 44.1 Å². The van der Waals surface area contributed by atoms with Gasteiger partial charge in [0.25, 0.3) is 0 Å². The number of likely N-dealkylation sites (tertiary alicyclic amines) is 1. The number of hydrogen-bond acceptors (Lipinski definition) is 3. The number of carbonyl (C=O) groups excluding carboxylic acids is 1. The summed E-state index contributed by atoms with van der Waals surface area (Å²) in [4.78, 5) is 27.8. The zero-order chi connectivity index (χ0) is 18.1. The molecule has 0 spiro atoms. The zero-order valence-electron chi connectivity index (χ0n) is 15.1. The quantitative estimate of drug-likeness (QED) is 0.849. The van der Waals surface area contributed by atoms with E-state index in [4.69, 9.17) is 5.11 Å². The smallest absolute Gasteiger partial charge is 0.405 e. The Morgan fingerprint density at radius 2 is 1.81 bits per heavy atom. The molecule has 1 unspecified atom stereocenters. The van der Waals surface area contributed by atoms with Crippen molar-refractivity contribution in [2.75, 3.05) is 31.1 Å². The fourth-order valence-corrected chi connectivity index (χ4v) is 4.47. The molecule has 0 bridgehead atoms. The molecule has 4 rings (SSSR count). The molecule has 2 N–H and O–H groups in total. The normalized spacial score (nSPS) is 25.3. The Morgan fingerprint density at radius 1 is 1.12 bits per heavy atom. The highest BCUT2D eigenvalue weighted by molar-refractivity contribution is 5.99. The molecule has 0 aromatic heterocycles. The van der Waals surface area contributed by atoms with Crippen LogP contribution in [0.2, 0.25) is 0 Å². The van der Waals surface area contributed by atoms with Crippen LogP contribution in [0, 0.1) is 0 Å². The molecule has 26 heavy (non-hydrogen) atoms. The number of amides is 2. The standard InChI is InChI=1S/C20H27N3O3/c24-18-17(21-19(25)26)4-3-13-23(18)16-7-5-15(6-8-16)20(9-10-20)14-22-11-1-2-12-22/h5-8,17,21H,1-4,9-14H2,(H,25,26). The van der Waals surface area contributed by atoms with Gasteiger partial charge in [-0.15, -0.1) is 0 Å². The van der Waals surface area contributed by atoms with Gasteiger partial charge in [0.15, 0.2) is 0 Å². The first-order valence-electron chi connectivity index (χ1n) is 9.71. The Hall–Kier alpha value is -2.08. The Labute approximate surface area is 154 Å². The van der Waals surface area contributed by atoms with Crippen LogP contribution in [0.5, 0.6) is 0 Å². The van der Waals surface area contributed by atoms with Crippen molar-refractivity contribution in [3.8, 4) is 0 Å². The van der Waals surface area contributed by atoms with Gasteiger partial charge < -0.3 is 20.2 Å². The monoisotopic (exact) mass is 357 g/mol. The van der Waals surface area contributed by atoms with E-state index in [0.717, 1.165) is 18.7 Å². The number of carbonyl (C=O) groups is 2. The summed E-state index contributed by atoms with van der Waals surface area (Å²) < 4.78 is 0. The Kier molecular flexibility index (Phi) is 4.61. The highest BCUT2D eigenvalue weighted by Crippen LogP contribution is 2.49. The van der Waals surface area contributed by atoms with Crippen molar-refractivity contribution in [1.29, 1.82) is 0 Å². The lowest BCUT2D eigenvalue weighted by Gasteiger charge is -2.32. The van der Waals surface area contributed by atoms with Gasteiger partial charge in [0.2, 0.25) is 5.91 Å². The molecule has 2 heterocycles. The molecule has 6 heteroatoms. The summed E-state index contributed by atoms with van der Waals surface area (Å²) in [6.07, 6.45) is 5.36. The summed E-state index contributed by atoms with van der Waals surface area (Å²) in [6, 6.07) is 7.76. The molecule has 6 nitrogen and oxygen atoms in total. The molecule has 2 aliphatic heterocycles. The molecule has 3 aliphatic rings. The second kappa shape index (κ2) is 6.91. The molecular weight excluding hydrogens is 330 g/mol. The third kappa shape index (κ3) is 3.43. The number of hydrogen-bond donors (Lipinski definition) is 2. The summed E-state index contributed by atoms with van der Waals surface area (Å²) >= 11 is 0. The van der Waals surface area contributed by atoms with Gasteiger partial charge in [-0.25, -0.2) is 4.79 Å². The molecule has 1 aromatic carbocycles. The number of rotatable bonds is 5. The number of carboxylic acid groups (broad SMARTS) is 1. The first-order chi connectivity index (χ1) is 12.6. The Balaban J connectivity index is 1.45. The lowest BCUT2D eigenvalue weighted by atomic mass is 9.94. The molecule has 1 aliphatic carbocycles. The number of benzene rings is 1. The lowest BCUT2D eigenvalue weighted by Crippen LogP contribution is -2.52. The lowest BCUT2D eigenvalue weighted by molar-refractivity contribution is -0.121. The van der Waals surface area contributed by atoms with Gasteiger partial charge in [0, 0.05) is 24.2 Å². The molecule has 1 atom stereocenters. The van der Waals surface area contributed by atoms with Gasteiger partial charge in [-0.05, 0) is 69.3 Å². The fraction of sp³-hybridized carbons (Fsp3) is 0.600. The predicted octanol–water partition coefficient (Wildman–Crippen LogP) is 2.58. The van der Waals surface area contributed by atoms with Crippen LogP contribution in [0.3, 0.4) is 0 Å². The Morgan fingerprint density at radius 3 is 2.42 bits per heavy atom. The summed E-state index contributed by atoms with van der Waals surface area (Å²) in [7, 11) is 0. The van der Waals surface area contributed by atoms with Crippen LogP contribution in [0.15, 0.2) is 24.3 Å². The molecule has 1 aromatic rings. The highest BCUT2D eigenvalue weighted by Gasteiger charge is 2.45. The van der Waals surface area contributed by atoms with Crippen molar-refractivity contribution in [1.82, 2.24) is 10.2 Å². The summed E-state index contributed by atoms with van der Waals surface area (Å²) in [5, 5.41) is 11.2. The van der Waals surface area contributed by atoms with Crippen molar-refractivity contribution >= 4 is 17.7 Å². The van der Waals surface area contributed by atoms with Crippen molar-refractivity contribution in [2.45, 2.75) is 50.0 Å². The van der Waals surface area contributed by atoms with E-state index >= 15 is 0 Å². The summed E-state index contributed by atoms with van der Waals surface area (Å²) in [5.41, 5.74) is 2.55. The second-order valence-corrected chi connectivity index (χ2v) is 7.94. The maximum atomic E-state index is 12.6. The van der Waals surface area contributed by atoms with Crippen molar-refractivity contribution < 1.29 is 14.7 Å². The largest absolute Gasteiger partial charge is 0.465 e. The maximum Gasteiger partial charge on any atom is 0.405 e. The van der Waals surface area contributed by atoms with E-state index in [2.05, 4.69) is 22.3 Å². The van der Waals surface area contributed by atoms with E-state index in [1.165, 1.54) is 44.3 Å². The van der Waals surface area contributed by atoms with Crippen LogP contribution in [-0.4, -0.2) is 54.2 Å². The molecule has 140 valence electrons. The molecule has 2 amide bonds. The van der Waals surface area contributed by atoms with Gasteiger partial charge in [-0.3, -0.25) is 4.79 Å². The van der Waals surface area contributed by atoms with E-state index in [9.17, 15) is 9.59 Å². The summed E-state index contributed by atoms with van der Waals surface area (Å²) in [6.45, 7) is 4.24. The first kappa shape index (κ1) is 17.3. The minimum absolute atomic E-state index is 0.149. The second-order valence-electron chi connectivity index (χ2n) is 7.94. The third-order valence-electron chi connectivity index (χ3n) is 6.11. The van der Waals surface area contributed by atoms with Crippen molar-refractivity contribution in [3.05, 3.63) is 29.8 Å². The minimum atomic E-state index is -1.14. The van der Waals surface area contributed by atoms with Crippen molar-refractivity contribution in [3.63, 3.8) is 0 Å². The summed E-state index contributed by atoms with van der Waals surface area (Å²) in [5.74, 6) is -0.149. The van der Waals surface area contributed by atoms with E-state index in [1.54, 1.807) is 4.90 Å². The van der Waals surface area contributed by atoms with Gasteiger partial charge in [0.05, 0.1) is 0 Å². The molecule has 0 radical (unpaired) electrons. The molecule has 3 fully saturated rings. The fourth-order valence-electron chi connectivity index (χ4n) is 4.47. The van der Waals surface area contributed by atoms with Crippen LogP contribution in [0.25, 0.3) is 0 Å². The molecule has 1 saturated carbocycles. The zero-order valence-corrected chi connectivity index (χ0v) is 15.1. The highest BCUT2D eigenvalue weighted by atomic mass is 16.4. The average Bonchev–Trinajstić information content (AvgIpc) is 3.22. The minimum Gasteiger partial charge on any atom is -0.465 e. The van der Waals surface area contributed by atoms with E-state index in [1.807, 2.05) is 12.1 Å². The van der Waals surface area contributed by atoms with Crippen LogP contribution < -0.4 is 10.2 Å². The third-order valence-corrected chi connectivity index (χ3v) is 6.11. The predicted molar refractivity (Wildman–Crippen MR) is 99.6 cm³/mol. The van der Waals surface area contributed by atoms with E-state index in [0.29, 0.717) is 18.4 Å². The van der Waals surface area contributed by atoms with Crippen molar-refractivity contribution in [2.24, 2.45) is 0 Å². The first-order valence-corrected chi connectivity index (χ1v) is 9.71. The maximum absolute atomic E-state index is 12.6. The van der Waals surface area contributed by atoms with Crippen LogP contribution >= 0.6 is 0 Å². The van der Waals surface area contributed by atoms with Crippen LogP contribution in [0.4, 0.5) is 10.5 Å². The number of nitrogens with zero attached hydrogens (tertiary/aromatic N) is 2. The number of anilines is 1. The van der Waals surface area contributed by atoms with Crippen LogP contribution in [-0.2, 0) is 10.2 Å². The Bertz CT molecular complexity index is 678. The van der Waals surface area contributed by atoms with Gasteiger partial charge in [0.1, 0.15) is 6.04 Å².